The number of unbranched alkanes of at least 4 members (excludes halogenated alkanes) is 4. The molecule has 0 aromatic heterocycles. The van der Waals surface area contributed by atoms with Crippen LogP contribution in [-0.2, 0) is 0 Å². The summed E-state index contributed by atoms with van der Waals surface area (Å²) in [5, 5.41) is 0. The Kier molecular flexibility index (Phi) is 11.0. The van der Waals surface area contributed by atoms with Crippen LogP contribution in [0.15, 0.2) is 24.3 Å². The molecule has 0 rings (SSSR count). The molecule has 0 radical (unpaired) electrons. The fraction of sp³-hybridized carbons (Fsp3) is 0.692. The van der Waals surface area contributed by atoms with Gasteiger partial charge in [-0.1, -0.05) is 44.6 Å². The van der Waals surface area contributed by atoms with Crippen LogP contribution in [0, 0.1) is 0 Å². The molecule has 0 nitrogen and oxygen atoms in total. The summed E-state index contributed by atoms with van der Waals surface area (Å²) in [7, 11) is 0. The molecule has 0 aromatic carbocycles. The number of hydrogen-bond donors (Lipinski definition) is 0. The van der Waals surface area contributed by atoms with Crippen molar-refractivity contribution in [1.29, 1.82) is 0 Å². The van der Waals surface area contributed by atoms with E-state index in [9.17, 15) is 0 Å². The second-order valence-electron chi connectivity index (χ2n) is 3.40. The van der Waals surface area contributed by atoms with Gasteiger partial charge in [0.25, 0.3) is 0 Å². The molecule has 0 heterocycles. The molecular formula is C13H24. The average molecular weight is 180 g/mol. The zero-order valence-electron chi connectivity index (χ0n) is 9.26. The number of rotatable bonds is 8. The van der Waals surface area contributed by atoms with Gasteiger partial charge in [0.05, 0.1) is 0 Å². The average Bonchev–Trinajstić information content (AvgIpc) is 2.16. The van der Waals surface area contributed by atoms with E-state index in [1.54, 1.807) is 0 Å². The monoisotopic (exact) mass is 180 g/mol. The summed E-state index contributed by atoms with van der Waals surface area (Å²) in [6.45, 7) is 4.37. The van der Waals surface area contributed by atoms with Crippen LogP contribution in [-0.4, -0.2) is 0 Å². The van der Waals surface area contributed by atoms with Crippen LogP contribution in [0.4, 0.5) is 0 Å². The number of allylic oxidation sites excluding steroid dienone is 4. The van der Waals surface area contributed by atoms with Crippen molar-refractivity contribution in [3.05, 3.63) is 24.3 Å². The zero-order valence-corrected chi connectivity index (χ0v) is 9.26. The lowest BCUT2D eigenvalue weighted by atomic mass is 10.1. The van der Waals surface area contributed by atoms with Gasteiger partial charge in [0.1, 0.15) is 0 Å². The highest BCUT2D eigenvalue weighted by Gasteiger charge is 1.84. The topological polar surface area (TPSA) is 0 Å². The van der Waals surface area contributed by atoms with Crippen LogP contribution in [0.25, 0.3) is 0 Å². The highest BCUT2D eigenvalue weighted by molar-refractivity contribution is 4.81. The minimum Gasteiger partial charge on any atom is -0.0888 e. The van der Waals surface area contributed by atoms with Crippen LogP contribution in [0.5, 0.6) is 0 Å². The predicted octanol–water partition coefficient (Wildman–Crippen LogP) is 4.87. The lowest BCUT2D eigenvalue weighted by Crippen LogP contribution is -1.74. The Balaban J connectivity index is 2.99. The second-order valence-corrected chi connectivity index (χ2v) is 3.40. The van der Waals surface area contributed by atoms with Crippen molar-refractivity contribution in [2.24, 2.45) is 0 Å². The first-order valence-electron chi connectivity index (χ1n) is 5.71. The maximum Gasteiger partial charge on any atom is -0.0351 e. The highest BCUT2D eigenvalue weighted by atomic mass is 13.9. The largest absolute Gasteiger partial charge is 0.0888 e. The summed E-state index contributed by atoms with van der Waals surface area (Å²) >= 11 is 0. The molecule has 0 aliphatic heterocycles. The van der Waals surface area contributed by atoms with Crippen LogP contribution in [0.1, 0.15) is 58.8 Å². The molecule has 13 heavy (non-hydrogen) atoms. The predicted molar refractivity (Wildman–Crippen MR) is 61.9 cm³/mol. The van der Waals surface area contributed by atoms with Crippen molar-refractivity contribution in [2.75, 3.05) is 0 Å². The van der Waals surface area contributed by atoms with Gasteiger partial charge in [-0.3, -0.25) is 0 Å². The number of hydrogen-bond acceptors (Lipinski definition) is 0. The Bertz CT molecular complexity index is 115. The maximum absolute atomic E-state index is 2.31. The molecule has 0 unspecified atom stereocenters. The van der Waals surface area contributed by atoms with E-state index < -0.39 is 0 Å². The van der Waals surface area contributed by atoms with E-state index >= 15 is 0 Å². The fourth-order valence-electron chi connectivity index (χ4n) is 1.27. The second kappa shape index (κ2) is 11.5. The Morgan fingerprint density at radius 2 is 1.08 bits per heavy atom. The van der Waals surface area contributed by atoms with E-state index in [0.29, 0.717) is 0 Å². The van der Waals surface area contributed by atoms with E-state index in [4.69, 9.17) is 0 Å². The van der Waals surface area contributed by atoms with E-state index in [-0.39, 0.29) is 0 Å². The van der Waals surface area contributed by atoms with E-state index in [1.165, 1.54) is 44.9 Å². The first kappa shape index (κ1) is 12.5. The summed E-state index contributed by atoms with van der Waals surface area (Å²) < 4.78 is 0. The lowest BCUT2D eigenvalue weighted by Gasteiger charge is -1.94. The first-order valence-corrected chi connectivity index (χ1v) is 5.71. The van der Waals surface area contributed by atoms with Crippen LogP contribution in [0.3, 0.4) is 0 Å². The Morgan fingerprint density at radius 3 is 1.46 bits per heavy atom. The molecular weight excluding hydrogens is 156 g/mol. The molecule has 0 saturated carbocycles. The third-order valence-corrected chi connectivity index (χ3v) is 2.05. The van der Waals surface area contributed by atoms with Gasteiger partial charge >= 0.3 is 0 Å². The third kappa shape index (κ3) is 11.5. The standard InChI is InChI=1S/C13H24/c1-3-5-7-9-11-13-12-10-8-6-4-2/h5-8H,3-4,9-13H2,1-2H3. The molecule has 76 valence electrons. The highest BCUT2D eigenvalue weighted by Crippen LogP contribution is 2.04. The summed E-state index contributed by atoms with van der Waals surface area (Å²) in [4.78, 5) is 0. The van der Waals surface area contributed by atoms with E-state index in [0.717, 1.165) is 0 Å². The molecule has 0 heteroatoms. The Hall–Kier alpha value is -0.520. The minimum absolute atomic E-state index is 1.18. The molecule has 0 atom stereocenters. The summed E-state index contributed by atoms with van der Waals surface area (Å²) in [5.74, 6) is 0. The van der Waals surface area contributed by atoms with Crippen molar-refractivity contribution in [1.82, 2.24) is 0 Å². The lowest BCUT2D eigenvalue weighted by molar-refractivity contribution is 0.695. The van der Waals surface area contributed by atoms with Crippen molar-refractivity contribution < 1.29 is 0 Å². The van der Waals surface area contributed by atoms with Gasteiger partial charge in [0, 0.05) is 0 Å². The molecule has 0 saturated heterocycles. The first-order chi connectivity index (χ1) is 6.41. The van der Waals surface area contributed by atoms with Crippen molar-refractivity contribution in [3.8, 4) is 0 Å². The Labute approximate surface area is 83.7 Å². The van der Waals surface area contributed by atoms with Gasteiger partial charge in [-0.25, -0.2) is 0 Å². The molecule has 0 aliphatic rings. The van der Waals surface area contributed by atoms with Gasteiger partial charge in [0.2, 0.25) is 0 Å². The molecule has 0 bridgehead atoms. The van der Waals surface area contributed by atoms with Gasteiger partial charge in [0.15, 0.2) is 0 Å². The fourth-order valence-corrected chi connectivity index (χ4v) is 1.27. The quantitative estimate of drug-likeness (QED) is 0.369. The van der Waals surface area contributed by atoms with Gasteiger partial charge in [-0.2, -0.15) is 0 Å². The molecule has 0 amide bonds. The summed E-state index contributed by atoms with van der Waals surface area (Å²) in [6, 6.07) is 0. The van der Waals surface area contributed by atoms with Crippen LogP contribution >= 0.6 is 0 Å². The van der Waals surface area contributed by atoms with E-state index in [1.807, 2.05) is 0 Å². The summed E-state index contributed by atoms with van der Waals surface area (Å²) in [6.07, 6.45) is 18.1. The summed E-state index contributed by atoms with van der Waals surface area (Å²) in [5.41, 5.74) is 0. The normalized spacial score (nSPS) is 11.8. The van der Waals surface area contributed by atoms with Crippen molar-refractivity contribution >= 4 is 0 Å². The van der Waals surface area contributed by atoms with Crippen molar-refractivity contribution in [2.45, 2.75) is 58.8 Å². The maximum atomic E-state index is 2.31. The Morgan fingerprint density at radius 1 is 0.615 bits per heavy atom. The molecule has 0 N–H and O–H groups in total. The van der Waals surface area contributed by atoms with Gasteiger partial charge < -0.3 is 0 Å². The zero-order chi connectivity index (χ0) is 9.78. The van der Waals surface area contributed by atoms with Gasteiger partial charge in [-0.05, 0) is 38.5 Å². The molecule has 0 spiro atoms. The SMILES string of the molecule is CCC=CCCCCCC=CCC. The van der Waals surface area contributed by atoms with Gasteiger partial charge in [-0.15, -0.1) is 0 Å². The molecule has 0 aliphatic carbocycles. The van der Waals surface area contributed by atoms with E-state index in [2.05, 4.69) is 38.2 Å². The molecule has 0 aromatic rings. The third-order valence-electron chi connectivity index (χ3n) is 2.05. The minimum atomic E-state index is 1.18. The molecule has 0 fully saturated rings. The van der Waals surface area contributed by atoms with Crippen LogP contribution < -0.4 is 0 Å². The van der Waals surface area contributed by atoms with Crippen molar-refractivity contribution in [3.63, 3.8) is 0 Å². The smallest absolute Gasteiger partial charge is 0.0351 e. The van der Waals surface area contributed by atoms with Crippen LogP contribution in [0.2, 0.25) is 0 Å².